The number of hydrogen-bond donors (Lipinski definition) is 2. The van der Waals surface area contributed by atoms with Crippen molar-refractivity contribution >= 4 is 11.9 Å². The van der Waals surface area contributed by atoms with Gasteiger partial charge in [0.25, 0.3) is 0 Å². The number of ether oxygens (including phenoxy) is 1. The molecule has 0 aliphatic heterocycles. The van der Waals surface area contributed by atoms with Crippen LogP contribution in [0, 0.1) is 5.92 Å². The molecule has 2 atom stereocenters. The summed E-state index contributed by atoms with van der Waals surface area (Å²) < 4.78 is 5.20. The molecule has 0 spiro atoms. The fourth-order valence-corrected chi connectivity index (χ4v) is 2.28. The summed E-state index contributed by atoms with van der Waals surface area (Å²) in [6.45, 7) is 7.34. The Morgan fingerprint density at radius 3 is 2.42 bits per heavy atom. The molecule has 0 bridgehead atoms. The zero-order chi connectivity index (χ0) is 19.5. The molecule has 1 amide bonds. The summed E-state index contributed by atoms with van der Waals surface area (Å²) in [5.41, 5.74) is 1.27. The van der Waals surface area contributed by atoms with E-state index in [4.69, 9.17) is 4.74 Å². The molecule has 0 saturated carbocycles. The maximum Gasteiger partial charge on any atom is 0.243 e. The fourth-order valence-electron chi connectivity index (χ4n) is 2.28. The molecule has 1 aromatic rings. The van der Waals surface area contributed by atoms with E-state index in [0.29, 0.717) is 17.9 Å². The van der Waals surface area contributed by atoms with Gasteiger partial charge in [-0.2, -0.15) is 0 Å². The summed E-state index contributed by atoms with van der Waals surface area (Å²) >= 11 is 0. The third-order valence-corrected chi connectivity index (χ3v) is 4.23. The molecule has 2 N–H and O–H groups in total. The minimum Gasteiger partial charge on any atom is -0.497 e. The number of hydrogen-bond acceptors (Lipinski definition) is 3. The molecule has 0 radical (unpaired) electrons. The molecule has 0 aliphatic carbocycles. The second-order valence-electron chi connectivity index (χ2n) is 6.94. The number of benzene rings is 1. The fraction of sp³-hybridized carbons (Fsp3) is 0.600. The van der Waals surface area contributed by atoms with Gasteiger partial charge < -0.3 is 20.3 Å². The number of guanidine groups is 1. The Morgan fingerprint density at radius 2 is 1.88 bits per heavy atom. The second-order valence-corrected chi connectivity index (χ2v) is 6.94. The summed E-state index contributed by atoms with van der Waals surface area (Å²) in [6.07, 6.45) is 1.95. The van der Waals surface area contributed by atoms with Gasteiger partial charge in [0.1, 0.15) is 12.3 Å². The molecule has 1 aromatic carbocycles. The Balaban J connectivity index is 2.59. The van der Waals surface area contributed by atoms with Crippen LogP contribution in [0.4, 0.5) is 0 Å². The van der Waals surface area contributed by atoms with Crippen molar-refractivity contribution in [3.63, 3.8) is 0 Å². The number of likely N-dealkylation sites (N-methyl/N-ethyl adjacent to an activating group) is 1. The van der Waals surface area contributed by atoms with E-state index in [9.17, 15) is 4.79 Å². The van der Waals surface area contributed by atoms with Gasteiger partial charge in [-0.1, -0.05) is 26.0 Å². The van der Waals surface area contributed by atoms with Crippen molar-refractivity contribution in [1.82, 2.24) is 15.5 Å². The van der Waals surface area contributed by atoms with E-state index < -0.39 is 0 Å². The molecule has 6 nitrogen and oxygen atoms in total. The highest BCUT2D eigenvalue weighted by molar-refractivity contribution is 5.84. The highest BCUT2D eigenvalue weighted by Crippen LogP contribution is 2.14. The number of nitrogens with one attached hydrogen (secondary N) is 2. The zero-order valence-corrected chi connectivity index (χ0v) is 17.0. The summed E-state index contributed by atoms with van der Waals surface area (Å²) in [6, 6.07) is 8.46. The van der Waals surface area contributed by atoms with E-state index in [2.05, 4.69) is 48.5 Å². The molecule has 6 heteroatoms. The van der Waals surface area contributed by atoms with Crippen molar-refractivity contribution in [2.75, 3.05) is 34.3 Å². The van der Waals surface area contributed by atoms with Gasteiger partial charge in [-0.15, -0.1) is 0 Å². The topological polar surface area (TPSA) is 66.0 Å². The van der Waals surface area contributed by atoms with Gasteiger partial charge in [0.15, 0.2) is 5.96 Å². The molecule has 0 aliphatic rings. The molecular formula is C20H34N4O2. The van der Waals surface area contributed by atoms with Gasteiger partial charge in [-0.3, -0.25) is 4.79 Å². The third kappa shape index (κ3) is 8.23. The van der Waals surface area contributed by atoms with Gasteiger partial charge >= 0.3 is 0 Å². The van der Waals surface area contributed by atoms with Gasteiger partial charge in [0.2, 0.25) is 5.91 Å². The van der Waals surface area contributed by atoms with Gasteiger partial charge in [-0.05, 0) is 43.4 Å². The average molecular weight is 363 g/mol. The number of nitrogens with zero attached hydrogens (tertiary/aromatic N) is 2. The summed E-state index contributed by atoms with van der Waals surface area (Å²) in [7, 11) is 5.15. The highest BCUT2D eigenvalue weighted by atomic mass is 16.5. The van der Waals surface area contributed by atoms with Gasteiger partial charge in [0.05, 0.1) is 7.11 Å². The van der Waals surface area contributed by atoms with Crippen LogP contribution in [-0.4, -0.2) is 57.1 Å². The smallest absolute Gasteiger partial charge is 0.243 e. The van der Waals surface area contributed by atoms with E-state index >= 15 is 0 Å². The minimum absolute atomic E-state index is 0.0125. The van der Waals surface area contributed by atoms with E-state index in [1.807, 2.05) is 12.1 Å². The Kier molecular flexibility index (Phi) is 9.55. The van der Waals surface area contributed by atoms with Crippen LogP contribution in [0.2, 0.25) is 0 Å². The van der Waals surface area contributed by atoms with E-state index in [0.717, 1.165) is 25.1 Å². The van der Waals surface area contributed by atoms with Crippen molar-refractivity contribution in [2.45, 2.75) is 39.7 Å². The maximum absolute atomic E-state index is 11.8. The Labute approximate surface area is 158 Å². The minimum atomic E-state index is -0.0125. The number of carbonyl (C=O) groups is 1. The van der Waals surface area contributed by atoms with Crippen LogP contribution in [0.3, 0.4) is 0 Å². The number of methoxy groups -OCH3 is 1. The molecule has 146 valence electrons. The third-order valence-electron chi connectivity index (χ3n) is 4.23. The largest absolute Gasteiger partial charge is 0.497 e. The zero-order valence-electron chi connectivity index (χ0n) is 17.0. The molecule has 0 heterocycles. The summed E-state index contributed by atoms with van der Waals surface area (Å²) in [5.74, 6) is 1.98. The van der Waals surface area contributed by atoms with E-state index in [-0.39, 0.29) is 12.5 Å². The first-order valence-electron chi connectivity index (χ1n) is 9.23. The van der Waals surface area contributed by atoms with Crippen LogP contribution < -0.4 is 15.4 Å². The number of amides is 1. The van der Waals surface area contributed by atoms with Crippen molar-refractivity contribution in [1.29, 1.82) is 0 Å². The average Bonchev–Trinajstić information content (AvgIpc) is 2.63. The van der Waals surface area contributed by atoms with Crippen molar-refractivity contribution < 1.29 is 9.53 Å². The van der Waals surface area contributed by atoms with Crippen LogP contribution in [0.15, 0.2) is 29.3 Å². The van der Waals surface area contributed by atoms with Gasteiger partial charge in [0, 0.05) is 26.7 Å². The summed E-state index contributed by atoms with van der Waals surface area (Å²) in [5, 5.41) is 6.71. The van der Waals surface area contributed by atoms with Crippen LogP contribution >= 0.6 is 0 Å². The van der Waals surface area contributed by atoms with Crippen LogP contribution in [0.25, 0.3) is 0 Å². The van der Waals surface area contributed by atoms with Crippen molar-refractivity contribution in [3.8, 4) is 5.75 Å². The molecule has 1 rings (SSSR count). The predicted molar refractivity (Wildman–Crippen MR) is 108 cm³/mol. The molecule has 2 unspecified atom stereocenters. The first kappa shape index (κ1) is 21.8. The highest BCUT2D eigenvalue weighted by Gasteiger charge is 2.09. The first-order valence-corrected chi connectivity index (χ1v) is 9.23. The lowest BCUT2D eigenvalue weighted by Gasteiger charge is -2.20. The number of aliphatic imine (C=N–C) groups is 1. The Morgan fingerprint density at radius 1 is 1.23 bits per heavy atom. The van der Waals surface area contributed by atoms with E-state index in [1.54, 1.807) is 26.1 Å². The molecule has 0 saturated heterocycles. The normalized spacial score (nSPS) is 13.7. The first-order chi connectivity index (χ1) is 12.3. The van der Waals surface area contributed by atoms with E-state index in [1.165, 1.54) is 5.56 Å². The van der Waals surface area contributed by atoms with Gasteiger partial charge in [-0.25, -0.2) is 4.99 Å². The monoisotopic (exact) mass is 362 g/mol. The van der Waals surface area contributed by atoms with Crippen LogP contribution in [-0.2, 0) is 11.2 Å². The number of carbonyl (C=O) groups excluding carboxylic acids is 1. The Bertz CT molecular complexity index is 570. The van der Waals surface area contributed by atoms with Crippen molar-refractivity contribution in [2.24, 2.45) is 10.9 Å². The lowest BCUT2D eigenvalue weighted by molar-refractivity contribution is -0.127. The lowest BCUT2D eigenvalue weighted by atomic mass is 10.0. The molecule has 0 fully saturated rings. The molecular weight excluding hydrogens is 328 g/mol. The van der Waals surface area contributed by atoms with Crippen molar-refractivity contribution in [3.05, 3.63) is 29.8 Å². The second kappa shape index (κ2) is 11.4. The maximum atomic E-state index is 11.8. The van der Waals surface area contributed by atoms with Crippen LogP contribution in [0.5, 0.6) is 5.75 Å². The Hall–Kier alpha value is -2.24. The number of rotatable bonds is 9. The lowest BCUT2D eigenvalue weighted by Crippen LogP contribution is -2.44. The predicted octanol–water partition coefficient (Wildman–Crippen LogP) is 2.30. The van der Waals surface area contributed by atoms with Crippen LogP contribution in [0.1, 0.15) is 32.8 Å². The summed E-state index contributed by atoms with van der Waals surface area (Å²) in [4.78, 5) is 17.8. The molecule has 0 aromatic heterocycles. The standard InChI is InChI=1S/C20H34N4O2/c1-7-16(3)23-20(22-14-19(25)24(4)5)21-13-15(2)12-17-8-10-18(26-6)11-9-17/h8-11,15-16H,7,12-14H2,1-6H3,(H2,21,22,23). The molecule has 26 heavy (non-hydrogen) atoms. The SMILES string of the molecule is CCC(C)NC(=NCC(=O)N(C)C)NCC(C)Cc1ccc(OC)cc1. The quantitative estimate of drug-likeness (QED) is 0.523.